The van der Waals surface area contributed by atoms with E-state index < -0.39 is 5.92 Å². The number of allylic oxidation sites excluding steroid dienone is 3. The first-order valence-electron chi connectivity index (χ1n) is 13.6. The summed E-state index contributed by atoms with van der Waals surface area (Å²) < 4.78 is 0. The average Bonchev–Trinajstić information content (AvgIpc) is 2.91. The van der Waals surface area contributed by atoms with Crippen molar-refractivity contribution in [3.8, 4) is 6.07 Å². The highest BCUT2D eigenvalue weighted by molar-refractivity contribution is 7.97. The standard InChI is InChI=1S/C34H33Cl2N3OS/c1-20-12-21(2)25(13-23(20)19-41-18-22-8-6-5-7-9-22)31-26(17-37)33(38)39(24-10-11-27(35)28(36)14-24)29-15-34(3,4)16-30(40)32(29)31/h5-14,31H,15-16,18-19,38H2,1-4H3. The Morgan fingerprint density at radius 2 is 1.73 bits per heavy atom. The summed E-state index contributed by atoms with van der Waals surface area (Å²) in [5.41, 5.74) is 14.8. The van der Waals surface area contributed by atoms with E-state index in [2.05, 4.69) is 70.2 Å². The first-order chi connectivity index (χ1) is 19.5. The van der Waals surface area contributed by atoms with Crippen LogP contribution in [0.4, 0.5) is 5.69 Å². The number of hydrogen-bond donors (Lipinski definition) is 1. The normalized spacial score (nSPS) is 18.4. The molecule has 3 aromatic carbocycles. The molecule has 0 saturated heterocycles. The van der Waals surface area contributed by atoms with E-state index in [-0.39, 0.29) is 11.2 Å². The largest absolute Gasteiger partial charge is 0.384 e. The van der Waals surface area contributed by atoms with E-state index in [0.717, 1.165) is 28.3 Å². The van der Waals surface area contributed by atoms with Crippen LogP contribution in [0.1, 0.15) is 60.4 Å². The number of aryl methyl sites for hydroxylation is 2. The van der Waals surface area contributed by atoms with E-state index in [1.165, 1.54) is 16.7 Å². The van der Waals surface area contributed by atoms with Crippen LogP contribution in [0, 0.1) is 30.6 Å². The molecule has 0 aromatic heterocycles. The fourth-order valence-electron chi connectivity index (χ4n) is 5.97. The van der Waals surface area contributed by atoms with Crippen LogP contribution in [-0.4, -0.2) is 5.78 Å². The minimum Gasteiger partial charge on any atom is -0.384 e. The number of nitrogens with zero attached hydrogens (tertiary/aromatic N) is 2. The summed E-state index contributed by atoms with van der Waals surface area (Å²) in [4.78, 5) is 15.8. The summed E-state index contributed by atoms with van der Waals surface area (Å²) in [6.07, 6.45) is 1.04. The summed E-state index contributed by atoms with van der Waals surface area (Å²) in [6, 6.07) is 22.4. The van der Waals surface area contributed by atoms with Gasteiger partial charge in [0.15, 0.2) is 5.78 Å². The molecule has 0 radical (unpaired) electrons. The lowest BCUT2D eigenvalue weighted by molar-refractivity contribution is -0.118. The number of Topliss-reactive ketones (excluding diaryl/α,β-unsaturated/α-hetero) is 1. The summed E-state index contributed by atoms with van der Waals surface area (Å²) in [6.45, 7) is 8.36. The van der Waals surface area contributed by atoms with E-state index in [1.807, 2.05) is 28.8 Å². The van der Waals surface area contributed by atoms with Crippen molar-refractivity contribution >= 4 is 46.4 Å². The number of halogens is 2. The Kier molecular flexibility index (Phi) is 8.30. The molecular weight excluding hydrogens is 569 g/mol. The number of thioether (sulfide) groups is 1. The molecule has 0 bridgehead atoms. The van der Waals surface area contributed by atoms with Gasteiger partial charge < -0.3 is 5.73 Å². The number of ketones is 1. The van der Waals surface area contributed by atoms with Gasteiger partial charge in [0, 0.05) is 34.9 Å². The van der Waals surface area contributed by atoms with Crippen molar-refractivity contribution in [2.45, 2.75) is 58.0 Å². The van der Waals surface area contributed by atoms with Crippen molar-refractivity contribution in [3.63, 3.8) is 0 Å². The third kappa shape index (κ3) is 5.79. The molecule has 41 heavy (non-hydrogen) atoms. The molecule has 0 saturated carbocycles. The van der Waals surface area contributed by atoms with E-state index in [9.17, 15) is 10.1 Å². The molecule has 0 spiro atoms. The topological polar surface area (TPSA) is 70.1 Å². The molecule has 1 heterocycles. The van der Waals surface area contributed by atoms with Gasteiger partial charge in [-0.2, -0.15) is 17.0 Å². The van der Waals surface area contributed by atoms with Gasteiger partial charge >= 0.3 is 0 Å². The van der Waals surface area contributed by atoms with Crippen molar-refractivity contribution < 1.29 is 4.79 Å². The quantitative estimate of drug-likeness (QED) is 0.305. The van der Waals surface area contributed by atoms with Crippen molar-refractivity contribution in [1.82, 2.24) is 0 Å². The zero-order valence-corrected chi connectivity index (χ0v) is 26.1. The Bertz CT molecular complexity index is 1640. The Labute approximate surface area is 256 Å². The van der Waals surface area contributed by atoms with E-state index in [1.54, 1.807) is 12.1 Å². The summed E-state index contributed by atoms with van der Waals surface area (Å²) in [5, 5.41) is 11.3. The van der Waals surface area contributed by atoms with Crippen molar-refractivity contribution in [2.75, 3.05) is 4.90 Å². The molecule has 1 aliphatic carbocycles. The molecule has 0 amide bonds. The molecular formula is C34H33Cl2N3OS. The van der Waals surface area contributed by atoms with Crippen LogP contribution in [0.5, 0.6) is 0 Å². The molecule has 7 heteroatoms. The van der Waals surface area contributed by atoms with Crippen LogP contribution in [0.15, 0.2) is 83.3 Å². The second-order valence-corrected chi connectivity index (χ2v) is 13.5. The number of nitriles is 1. The molecule has 2 aliphatic rings. The number of nitrogens with two attached hydrogens (primary N) is 1. The van der Waals surface area contributed by atoms with Crippen LogP contribution >= 0.6 is 35.0 Å². The molecule has 0 fully saturated rings. The minimum atomic E-state index is -0.531. The summed E-state index contributed by atoms with van der Waals surface area (Å²) >= 11 is 14.5. The zero-order chi connectivity index (χ0) is 29.5. The second kappa shape index (κ2) is 11.6. The van der Waals surface area contributed by atoms with Crippen molar-refractivity contribution in [2.24, 2.45) is 11.1 Å². The summed E-state index contributed by atoms with van der Waals surface area (Å²) in [7, 11) is 0. The van der Waals surface area contributed by atoms with Crippen LogP contribution < -0.4 is 10.6 Å². The van der Waals surface area contributed by atoms with Crippen LogP contribution in [-0.2, 0) is 16.3 Å². The summed E-state index contributed by atoms with van der Waals surface area (Å²) in [5.74, 6) is 1.57. The SMILES string of the molecule is Cc1cc(C)c(C2C(C#N)=C(N)N(c3ccc(Cl)c(Cl)c3)C3=C2C(=O)CC(C)(C)C3)cc1CSCc1ccccc1. The van der Waals surface area contributed by atoms with Gasteiger partial charge in [0.25, 0.3) is 0 Å². The third-order valence-corrected chi connectivity index (χ3v) is 9.74. The van der Waals surface area contributed by atoms with E-state index >= 15 is 0 Å². The van der Waals surface area contributed by atoms with Crippen molar-refractivity contribution in [3.05, 3.63) is 121 Å². The lowest BCUT2D eigenvalue weighted by Crippen LogP contribution is -2.42. The number of benzene rings is 3. The maximum absolute atomic E-state index is 14.0. The first-order valence-corrected chi connectivity index (χ1v) is 15.5. The molecule has 4 nitrogen and oxygen atoms in total. The highest BCUT2D eigenvalue weighted by Gasteiger charge is 2.45. The van der Waals surface area contributed by atoms with Crippen LogP contribution in [0.2, 0.25) is 10.0 Å². The number of rotatable bonds is 6. The fourth-order valence-corrected chi connectivity index (χ4v) is 7.33. The second-order valence-electron chi connectivity index (χ2n) is 11.7. The maximum Gasteiger partial charge on any atom is 0.162 e. The number of carbonyl (C=O) groups excluding carboxylic acids is 1. The highest BCUT2D eigenvalue weighted by atomic mass is 35.5. The predicted octanol–water partition coefficient (Wildman–Crippen LogP) is 8.98. The van der Waals surface area contributed by atoms with Gasteiger partial charge in [-0.1, -0.05) is 79.5 Å². The zero-order valence-electron chi connectivity index (χ0n) is 23.7. The Balaban J connectivity index is 1.63. The molecule has 1 unspecified atom stereocenters. The van der Waals surface area contributed by atoms with Gasteiger partial charge in [-0.25, -0.2) is 0 Å². The molecule has 1 aliphatic heterocycles. The monoisotopic (exact) mass is 601 g/mol. The first kappa shape index (κ1) is 29.3. The van der Waals surface area contributed by atoms with Crippen molar-refractivity contribution in [1.29, 1.82) is 5.26 Å². The molecule has 5 rings (SSSR count). The fraction of sp³-hybridized carbons (Fsp3) is 0.294. The van der Waals surface area contributed by atoms with Gasteiger partial charge in [-0.15, -0.1) is 0 Å². The predicted molar refractivity (Wildman–Crippen MR) is 171 cm³/mol. The maximum atomic E-state index is 14.0. The van der Waals surface area contributed by atoms with Gasteiger partial charge in [-0.3, -0.25) is 9.69 Å². The lowest BCUT2D eigenvalue weighted by atomic mass is 9.68. The Morgan fingerprint density at radius 3 is 2.41 bits per heavy atom. The molecule has 2 N–H and O–H groups in total. The molecule has 3 aromatic rings. The average molecular weight is 603 g/mol. The molecule has 1 atom stereocenters. The van der Waals surface area contributed by atoms with Gasteiger partial charge in [0.05, 0.1) is 27.6 Å². The number of hydrogen-bond acceptors (Lipinski definition) is 5. The van der Waals surface area contributed by atoms with Crippen LogP contribution in [0.25, 0.3) is 0 Å². The Morgan fingerprint density at radius 1 is 1.00 bits per heavy atom. The lowest BCUT2D eigenvalue weighted by Gasteiger charge is -2.44. The van der Waals surface area contributed by atoms with Gasteiger partial charge in [0.1, 0.15) is 5.82 Å². The Hall–Kier alpha value is -3.17. The smallest absolute Gasteiger partial charge is 0.162 e. The number of carbonyl (C=O) groups is 1. The highest BCUT2D eigenvalue weighted by Crippen LogP contribution is 2.51. The molecule has 210 valence electrons. The number of anilines is 1. The van der Waals surface area contributed by atoms with Gasteiger partial charge in [0.2, 0.25) is 0 Å². The van der Waals surface area contributed by atoms with Crippen LogP contribution in [0.3, 0.4) is 0 Å². The minimum absolute atomic E-state index is 0.0477. The van der Waals surface area contributed by atoms with E-state index in [4.69, 9.17) is 28.9 Å². The van der Waals surface area contributed by atoms with E-state index in [0.29, 0.717) is 45.5 Å². The van der Waals surface area contributed by atoms with Gasteiger partial charge in [-0.05, 0) is 71.7 Å². The third-order valence-electron chi connectivity index (χ3n) is 7.95.